The van der Waals surface area contributed by atoms with E-state index in [1.807, 2.05) is 78.9 Å². The van der Waals surface area contributed by atoms with Crippen LogP contribution < -0.4 is 10.6 Å². The van der Waals surface area contributed by atoms with Crippen LogP contribution in [0, 0.1) is 0 Å². The molecule has 0 fully saturated rings. The van der Waals surface area contributed by atoms with E-state index in [2.05, 4.69) is 13.0 Å². The van der Waals surface area contributed by atoms with E-state index < -0.39 is 7.14 Å². The zero-order chi connectivity index (χ0) is 15.0. The van der Waals surface area contributed by atoms with Gasteiger partial charge in [0.05, 0.1) is 0 Å². The molecule has 21 heavy (non-hydrogen) atoms. The molecule has 0 spiro atoms. The van der Waals surface area contributed by atoms with Gasteiger partial charge < -0.3 is 4.57 Å². The third kappa shape index (κ3) is 4.06. The average molecular weight is 296 g/mol. The molecule has 1 nitrogen and oxygen atoms in total. The van der Waals surface area contributed by atoms with Gasteiger partial charge in [-0.1, -0.05) is 91.9 Å². The van der Waals surface area contributed by atoms with Crippen molar-refractivity contribution in [3.8, 4) is 0 Å². The molecule has 0 aromatic heterocycles. The van der Waals surface area contributed by atoms with Gasteiger partial charge in [0, 0.05) is 16.8 Å². The number of allylic oxidation sites excluding steroid dienone is 4. The molecule has 108 valence electrons. The van der Waals surface area contributed by atoms with Crippen LogP contribution in [0.25, 0.3) is 0 Å². The molecule has 0 saturated carbocycles. The lowest BCUT2D eigenvalue weighted by Gasteiger charge is -2.17. The van der Waals surface area contributed by atoms with Gasteiger partial charge >= 0.3 is 0 Å². The van der Waals surface area contributed by atoms with Gasteiger partial charge in [-0.15, -0.1) is 0 Å². The topological polar surface area (TPSA) is 17.1 Å². The molecule has 0 aliphatic heterocycles. The van der Waals surface area contributed by atoms with Crippen LogP contribution in [0.3, 0.4) is 0 Å². The van der Waals surface area contributed by atoms with E-state index in [9.17, 15) is 4.57 Å². The summed E-state index contributed by atoms with van der Waals surface area (Å²) in [5.74, 6) is 0. The molecule has 0 unspecified atom stereocenters. The van der Waals surface area contributed by atoms with Gasteiger partial charge in [0.25, 0.3) is 0 Å². The second-order valence-corrected chi connectivity index (χ2v) is 7.74. The van der Waals surface area contributed by atoms with Crippen molar-refractivity contribution in [1.29, 1.82) is 0 Å². The first kappa shape index (κ1) is 15.5. The van der Waals surface area contributed by atoms with Crippen molar-refractivity contribution in [2.45, 2.75) is 13.3 Å². The summed E-state index contributed by atoms with van der Waals surface area (Å²) in [6.45, 7) is 2.10. The molecule has 0 bridgehead atoms. The lowest BCUT2D eigenvalue weighted by atomic mass is 10.4. The van der Waals surface area contributed by atoms with Crippen molar-refractivity contribution in [2.75, 3.05) is 6.16 Å². The summed E-state index contributed by atoms with van der Waals surface area (Å²) in [5.41, 5.74) is 0. The summed E-state index contributed by atoms with van der Waals surface area (Å²) in [5, 5.41) is 1.83. The molecule has 0 heterocycles. The van der Waals surface area contributed by atoms with Gasteiger partial charge in [0.2, 0.25) is 0 Å². The second-order valence-electron chi connectivity index (χ2n) is 4.86. The minimum Gasteiger partial charge on any atom is -0.313 e. The SMILES string of the molecule is CCC=CC=CCP(=O)(c1ccccc1)c1ccccc1. The zero-order valence-corrected chi connectivity index (χ0v) is 13.2. The first-order chi connectivity index (χ1) is 10.3. The van der Waals surface area contributed by atoms with Crippen LogP contribution in [0.4, 0.5) is 0 Å². The Kier molecular flexibility index (Phi) is 5.78. The first-order valence-electron chi connectivity index (χ1n) is 7.29. The minimum absolute atomic E-state index is 0.551. The normalized spacial score (nSPS) is 12.2. The van der Waals surface area contributed by atoms with Crippen LogP contribution in [-0.4, -0.2) is 6.16 Å². The zero-order valence-electron chi connectivity index (χ0n) is 12.4. The van der Waals surface area contributed by atoms with E-state index in [0.717, 1.165) is 17.0 Å². The quantitative estimate of drug-likeness (QED) is 0.565. The molecular weight excluding hydrogens is 275 g/mol. The third-order valence-electron chi connectivity index (χ3n) is 3.33. The fraction of sp³-hybridized carbons (Fsp3) is 0.158. The molecule has 2 rings (SSSR count). The Balaban J connectivity index is 2.34. The van der Waals surface area contributed by atoms with Gasteiger partial charge in [0.15, 0.2) is 0 Å². The molecule has 0 amide bonds. The van der Waals surface area contributed by atoms with E-state index in [-0.39, 0.29) is 0 Å². The van der Waals surface area contributed by atoms with Crippen LogP contribution in [0.15, 0.2) is 85.0 Å². The molecule has 0 N–H and O–H groups in total. The van der Waals surface area contributed by atoms with Gasteiger partial charge in [-0.25, -0.2) is 0 Å². The molecule has 2 heteroatoms. The maximum absolute atomic E-state index is 13.6. The number of benzene rings is 2. The van der Waals surface area contributed by atoms with Crippen molar-refractivity contribution >= 4 is 17.8 Å². The number of hydrogen-bond donors (Lipinski definition) is 0. The predicted octanol–water partition coefficient (Wildman–Crippen LogP) is 4.52. The summed E-state index contributed by atoms with van der Waals surface area (Å²) >= 11 is 0. The molecule has 2 aromatic rings. The van der Waals surface area contributed by atoms with E-state index in [1.54, 1.807) is 0 Å². The van der Waals surface area contributed by atoms with E-state index in [4.69, 9.17) is 0 Å². The minimum atomic E-state index is -2.59. The molecule has 0 radical (unpaired) electrons. The smallest absolute Gasteiger partial charge is 0.146 e. The van der Waals surface area contributed by atoms with Gasteiger partial charge in [-0.2, -0.15) is 0 Å². The van der Waals surface area contributed by atoms with Crippen molar-refractivity contribution in [3.63, 3.8) is 0 Å². The monoisotopic (exact) mass is 296 g/mol. The molecule has 0 aliphatic carbocycles. The Bertz CT molecular complexity index is 598. The molecule has 0 atom stereocenters. The fourth-order valence-corrected chi connectivity index (χ4v) is 4.65. The van der Waals surface area contributed by atoms with Crippen molar-refractivity contribution < 1.29 is 4.57 Å². The Morgan fingerprint density at radius 2 is 1.29 bits per heavy atom. The van der Waals surface area contributed by atoms with Crippen LogP contribution in [0.5, 0.6) is 0 Å². The third-order valence-corrected chi connectivity index (χ3v) is 6.32. The molecule has 0 aliphatic rings. The standard InChI is InChI=1S/C19H21OP/c1-2-3-4-5-12-17-21(20,18-13-8-6-9-14-18)19-15-10-7-11-16-19/h3-16H,2,17H2,1H3. The fourth-order valence-electron chi connectivity index (χ4n) is 2.20. The van der Waals surface area contributed by atoms with E-state index in [1.165, 1.54) is 0 Å². The molecule has 2 aromatic carbocycles. The van der Waals surface area contributed by atoms with Crippen LogP contribution in [-0.2, 0) is 4.57 Å². The lowest BCUT2D eigenvalue weighted by molar-refractivity contribution is 0.588. The number of hydrogen-bond acceptors (Lipinski definition) is 1. The van der Waals surface area contributed by atoms with Crippen molar-refractivity contribution in [3.05, 3.63) is 85.0 Å². The van der Waals surface area contributed by atoms with Crippen LogP contribution in [0.2, 0.25) is 0 Å². The lowest BCUT2D eigenvalue weighted by Crippen LogP contribution is -2.17. The Hall–Kier alpha value is -1.85. The summed E-state index contributed by atoms with van der Waals surface area (Å²) in [6, 6.07) is 19.6. The highest BCUT2D eigenvalue weighted by Gasteiger charge is 2.25. The second kappa shape index (κ2) is 7.81. The van der Waals surface area contributed by atoms with E-state index >= 15 is 0 Å². The molecule has 0 saturated heterocycles. The predicted molar refractivity (Wildman–Crippen MR) is 93.2 cm³/mol. The maximum Gasteiger partial charge on any atom is 0.146 e. The summed E-state index contributed by atoms with van der Waals surface area (Å²) in [4.78, 5) is 0. The van der Waals surface area contributed by atoms with E-state index in [0.29, 0.717) is 6.16 Å². The average Bonchev–Trinajstić information content (AvgIpc) is 2.56. The first-order valence-corrected chi connectivity index (χ1v) is 9.18. The highest BCUT2D eigenvalue weighted by atomic mass is 31.2. The highest BCUT2D eigenvalue weighted by Crippen LogP contribution is 2.43. The maximum atomic E-state index is 13.6. The Labute approximate surface area is 127 Å². The highest BCUT2D eigenvalue weighted by molar-refractivity contribution is 7.78. The van der Waals surface area contributed by atoms with Gasteiger partial charge in [-0.05, 0) is 6.42 Å². The Morgan fingerprint density at radius 3 is 1.76 bits per heavy atom. The van der Waals surface area contributed by atoms with Crippen LogP contribution >= 0.6 is 7.14 Å². The summed E-state index contributed by atoms with van der Waals surface area (Å²) < 4.78 is 13.6. The summed E-state index contributed by atoms with van der Waals surface area (Å²) in [6.07, 6.45) is 9.66. The number of rotatable bonds is 6. The summed E-state index contributed by atoms with van der Waals surface area (Å²) in [7, 11) is -2.59. The van der Waals surface area contributed by atoms with Crippen molar-refractivity contribution in [1.82, 2.24) is 0 Å². The molecular formula is C19H21OP. The van der Waals surface area contributed by atoms with Crippen molar-refractivity contribution in [2.24, 2.45) is 0 Å². The van der Waals surface area contributed by atoms with Gasteiger partial charge in [0.1, 0.15) is 7.14 Å². The van der Waals surface area contributed by atoms with Crippen LogP contribution in [0.1, 0.15) is 13.3 Å². The largest absolute Gasteiger partial charge is 0.313 e. The van der Waals surface area contributed by atoms with Gasteiger partial charge in [-0.3, -0.25) is 0 Å². The Morgan fingerprint density at radius 1 is 0.810 bits per heavy atom.